The number of benzene rings is 2. The number of rotatable bonds is 6. The van der Waals surface area contributed by atoms with Crippen molar-refractivity contribution in [3.63, 3.8) is 0 Å². The largest absolute Gasteiger partial charge is 0.477 e. The Morgan fingerprint density at radius 2 is 1.92 bits per heavy atom. The summed E-state index contributed by atoms with van der Waals surface area (Å²) in [5.41, 5.74) is 0.323. The zero-order valence-corrected chi connectivity index (χ0v) is 21.1. The zero-order valence-electron chi connectivity index (χ0n) is 20.3. The van der Waals surface area contributed by atoms with Gasteiger partial charge in [0.2, 0.25) is 11.3 Å². The number of aromatic nitrogens is 1. The van der Waals surface area contributed by atoms with Gasteiger partial charge in [0.1, 0.15) is 11.4 Å². The molecule has 0 aliphatic carbocycles. The van der Waals surface area contributed by atoms with Gasteiger partial charge in [-0.3, -0.25) is 9.59 Å². The SMILES string of the molecule is CC(C)(C)C(CO)n1cc(C(=O)O)c(=O)c2cc(Cc3cc(N4CCCC4=O)cc(Cl)c3F)ccc21. The lowest BCUT2D eigenvalue weighted by Gasteiger charge is -2.32. The average Bonchev–Trinajstić information content (AvgIpc) is 3.23. The molecule has 4 rings (SSSR count). The van der Waals surface area contributed by atoms with Gasteiger partial charge < -0.3 is 19.7 Å². The van der Waals surface area contributed by atoms with Crippen molar-refractivity contribution in [3.8, 4) is 0 Å². The van der Waals surface area contributed by atoms with Crippen LogP contribution in [-0.4, -0.2) is 39.8 Å². The highest BCUT2D eigenvalue weighted by Gasteiger charge is 2.28. The monoisotopic (exact) mass is 514 g/mol. The summed E-state index contributed by atoms with van der Waals surface area (Å²) in [5.74, 6) is -2.03. The molecule has 1 aliphatic rings. The number of hydrogen-bond acceptors (Lipinski definition) is 4. The molecule has 0 saturated carbocycles. The van der Waals surface area contributed by atoms with Crippen LogP contribution in [0.3, 0.4) is 0 Å². The lowest BCUT2D eigenvalue weighted by molar-refractivity contribution is -0.117. The van der Waals surface area contributed by atoms with Gasteiger partial charge in [0.15, 0.2) is 0 Å². The Morgan fingerprint density at radius 1 is 1.19 bits per heavy atom. The summed E-state index contributed by atoms with van der Waals surface area (Å²) in [5, 5.41) is 19.8. The van der Waals surface area contributed by atoms with Crippen molar-refractivity contribution in [2.75, 3.05) is 18.1 Å². The predicted molar refractivity (Wildman–Crippen MR) is 137 cm³/mol. The van der Waals surface area contributed by atoms with Gasteiger partial charge in [0.25, 0.3) is 0 Å². The fourth-order valence-electron chi connectivity index (χ4n) is 4.76. The molecule has 0 bridgehead atoms. The van der Waals surface area contributed by atoms with Crippen LogP contribution in [0.15, 0.2) is 41.3 Å². The Hall–Kier alpha value is -3.23. The molecule has 1 amide bonds. The third-order valence-electron chi connectivity index (χ3n) is 6.70. The van der Waals surface area contributed by atoms with E-state index in [0.717, 1.165) is 6.42 Å². The van der Waals surface area contributed by atoms with Crippen molar-refractivity contribution < 1.29 is 24.2 Å². The molecule has 0 spiro atoms. The third kappa shape index (κ3) is 4.75. The summed E-state index contributed by atoms with van der Waals surface area (Å²) >= 11 is 6.15. The molecule has 1 fully saturated rings. The fraction of sp³-hybridized carbons (Fsp3) is 0.370. The first-order chi connectivity index (χ1) is 16.9. The van der Waals surface area contributed by atoms with E-state index in [4.69, 9.17) is 11.6 Å². The van der Waals surface area contributed by atoms with Crippen molar-refractivity contribution in [2.45, 2.75) is 46.1 Å². The quantitative estimate of drug-likeness (QED) is 0.492. The molecule has 1 aromatic heterocycles. The Balaban J connectivity index is 1.84. The molecular weight excluding hydrogens is 487 g/mol. The molecular formula is C27H28ClFN2O5. The van der Waals surface area contributed by atoms with Crippen LogP contribution in [0.5, 0.6) is 0 Å². The lowest BCUT2D eigenvalue weighted by Crippen LogP contribution is -2.30. The van der Waals surface area contributed by atoms with Gasteiger partial charge in [-0.1, -0.05) is 38.4 Å². The van der Waals surface area contributed by atoms with Gasteiger partial charge in [-0.15, -0.1) is 0 Å². The standard InChI is InChI=1S/C27H28ClFN2O5/c1-27(2,3)22(14-32)31-13-19(26(35)36)25(34)18-10-15(6-7-21(18)31)9-16-11-17(12-20(28)24(16)29)30-8-4-5-23(30)33/h6-7,10-13,22,32H,4-5,8-9,14H2,1-3H3,(H,35,36). The number of pyridine rings is 1. The van der Waals surface area contributed by atoms with Gasteiger partial charge in [0.05, 0.1) is 23.2 Å². The summed E-state index contributed by atoms with van der Waals surface area (Å²) in [6, 6.07) is 7.50. The highest BCUT2D eigenvalue weighted by molar-refractivity contribution is 6.31. The van der Waals surface area contributed by atoms with Crippen LogP contribution < -0.4 is 10.3 Å². The number of nitrogens with zero attached hydrogens (tertiary/aromatic N) is 2. The minimum Gasteiger partial charge on any atom is -0.477 e. The number of fused-ring (bicyclic) bond motifs is 1. The predicted octanol–water partition coefficient (Wildman–Crippen LogP) is 4.79. The number of hydrogen-bond donors (Lipinski definition) is 2. The molecule has 190 valence electrons. The number of amides is 1. The van der Waals surface area contributed by atoms with Gasteiger partial charge in [-0.25, -0.2) is 9.18 Å². The second-order valence-corrected chi connectivity index (χ2v) is 10.6. The number of anilines is 1. The van der Waals surface area contributed by atoms with Crippen LogP contribution in [0.25, 0.3) is 10.9 Å². The van der Waals surface area contributed by atoms with E-state index in [0.29, 0.717) is 29.7 Å². The molecule has 3 aromatic rings. The Morgan fingerprint density at radius 3 is 2.50 bits per heavy atom. The minimum absolute atomic E-state index is 0.0478. The highest BCUT2D eigenvalue weighted by atomic mass is 35.5. The number of aliphatic hydroxyl groups excluding tert-OH is 1. The van der Waals surface area contributed by atoms with Crippen LogP contribution in [0.2, 0.25) is 5.02 Å². The van der Waals surface area contributed by atoms with E-state index in [9.17, 15) is 29.0 Å². The van der Waals surface area contributed by atoms with Crippen molar-refractivity contribution >= 4 is 40.1 Å². The van der Waals surface area contributed by atoms with Crippen LogP contribution >= 0.6 is 11.6 Å². The van der Waals surface area contributed by atoms with Crippen LogP contribution in [0.4, 0.5) is 10.1 Å². The van der Waals surface area contributed by atoms with E-state index in [1.54, 1.807) is 33.7 Å². The molecule has 2 heterocycles. The highest BCUT2D eigenvalue weighted by Crippen LogP contribution is 2.34. The number of aliphatic hydroxyl groups is 1. The molecule has 0 radical (unpaired) electrons. The lowest BCUT2D eigenvalue weighted by atomic mass is 9.86. The molecule has 1 aliphatic heterocycles. The van der Waals surface area contributed by atoms with E-state index >= 15 is 0 Å². The van der Waals surface area contributed by atoms with E-state index in [-0.39, 0.29) is 34.9 Å². The first kappa shape index (κ1) is 25.9. The maximum Gasteiger partial charge on any atom is 0.341 e. The maximum absolute atomic E-state index is 15.0. The van der Waals surface area contributed by atoms with Crippen molar-refractivity contribution in [3.05, 3.63) is 74.3 Å². The molecule has 7 nitrogen and oxygen atoms in total. The molecule has 36 heavy (non-hydrogen) atoms. The summed E-state index contributed by atoms with van der Waals surface area (Å²) in [6.07, 6.45) is 2.50. The molecule has 2 N–H and O–H groups in total. The summed E-state index contributed by atoms with van der Waals surface area (Å²) < 4.78 is 16.6. The molecule has 1 atom stereocenters. The molecule has 1 unspecified atom stereocenters. The third-order valence-corrected chi connectivity index (χ3v) is 6.98. The Kier molecular flexibility index (Phi) is 6.94. The molecule has 2 aromatic carbocycles. The number of carboxylic acids is 1. The zero-order chi connectivity index (χ0) is 26.4. The minimum atomic E-state index is -1.37. The first-order valence-electron chi connectivity index (χ1n) is 11.7. The van der Waals surface area contributed by atoms with Crippen molar-refractivity contribution in [1.82, 2.24) is 4.57 Å². The smallest absolute Gasteiger partial charge is 0.341 e. The van der Waals surface area contributed by atoms with E-state index in [1.165, 1.54) is 12.3 Å². The Bertz CT molecular complexity index is 1430. The van der Waals surface area contributed by atoms with E-state index in [2.05, 4.69) is 0 Å². The number of carboxylic acid groups (broad SMARTS) is 1. The number of carbonyl (C=O) groups excluding carboxylic acids is 1. The number of aromatic carboxylic acids is 1. The van der Waals surface area contributed by atoms with Crippen LogP contribution in [-0.2, 0) is 11.2 Å². The van der Waals surface area contributed by atoms with Gasteiger partial charge in [0, 0.05) is 36.7 Å². The van der Waals surface area contributed by atoms with Crippen LogP contribution in [0.1, 0.15) is 61.1 Å². The topological polar surface area (TPSA) is 99.8 Å². The summed E-state index contributed by atoms with van der Waals surface area (Å²) in [6.45, 7) is 6.02. The van der Waals surface area contributed by atoms with Gasteiger partial charge >= 0.3 is 5.97 Å². The van der Waals surface area contributed by atoms with E-state index in [1.807, 2.05) is 20.8 Å². The van der Waals surface area contributed by atoms with Crippen molar-refractivity contribution in [1.29, 1.82) is 0 Å². The number of halogens is 2. The Labute approximate surface area is 212 Å². The first-order valence-corrected chi connectivity index (χ1v) is 12.1. The van der Waals surface area contributed by atoms with Gasteiger partial charge in [-0.2, -0.15) is 0 Å². The van der Waals surface area contributed by atoms with Crippen molar-refractivity contribution in [2.24, 2.45) is 5.41 Å². The average molecular weight is 515 g/mol. The second kappa shape index (κ2) is 9.67. The maximum atomic E-state index is 15.0. The second-order valence-electron chi connectivity index (χ2n) is 10.2. The van der Waals surface area contributed by atoms with Crippen LogP contribution in [0, 0.1) is 11.2 Å². The fourth-order valence-corrected chi connectivity index (χ4v) is 4.99. The normalized spacial score (nSPS) is 15.1. The molecule has 9 heteroatoms. The number of carbonyl (C=O) groups is 2. The van der Waals surface area contributed by atoms with Gasteiger partial charge in [-0.05, 0) is 47.2 Å². The van der Waals surface area contributed by atoms with E-state index < -0.39 is 34.2 Å². The summed E-state index contributed by atoms with van der Waals surface area (Å²) in [4.78, 5) is 38.7. The summed E-state index contributed by atoms with van der Waals surface area (Å²) in [7, 11) is 0. The molecule has 1 saturated heterocycles.